The third-order valence-electron chi connectivity index (χ3n) is 5.23. The van der Waals surface area contributed by atoms with Gasteiger partial charge in [-0.05, 0) is 31.2 Å². The van der Waals surface area contributed by atoms with Gasteiger partial charge in [0.2, 0.25) is 0 Å². The quantitative estimate of drug-likeness (QED) is 0.628. The molecule has 1 aliphatic rings. The summed E-state index contributed by atoms with van der Waals surface area (Å²) in [7, 11) is 0. The average molecular weight is 401 g/mol. The molecule has 1 fully saturated rings. The van der Waals surface area contributed by atoms with Crippen molar-refractivity contribution in [1.82, 2.24) is 4.98 Å². The lowest BCUT2D eigenvalue weighted by Gasteiger charge is -2.29. The van der Waals surface area contributed by atoms with Crippen LogP contribution in [0.25, 0.3) is 10.9 Å². The minimum Gasteiger partial charge on any atom is -0.378 e. The molecule has 0 bridgehead atoms. The second kappa shape index (κ2) is 8.29. The number of aromatic nitrogens is 1. The number of rotatable bonds is 5. The molecular weight excluding hydrogens is 379 g/mol. The van der Waals surface area contributed by atoms with E-state index in [9.17, 15) is 13.2 Å². The standard InChI is InChI=1S/C22H22F3N3O/c1-14(16-3-2-4-17(21(16)23)22(24)25)27-20-7-8-26-19-6-5-15(13-18(19)20)28-9-11-29-12-10-28/h2-8,13-14,22H,9-12H2,1H3,(H,26,27)/t14-/m1/s1. The van der Waals surface area contributed by atoms with Gasteiger partial charge in [0.15, 0.2) is 0 Å². The highest BCUT2D eigenvalue weighted by Crippen LogP contribution is 2.32. The molecule has 0 aliphatic carbocycles. The maximum atomic E-state index is 14.5. The van der Waals surface area contributed by atoms with Crippen LogP contribution in [0.2, 0.25) is 0 Å². The van der Waals surface area contributed by atoms with E-state index in [1.807, 2.05) is 18.2 Å². The molecule has 0 radical (unpaired) electrons. The van der Waals surface area contributed by atoms with Crippen LogP contribution in [0.1, 0.15) is 30.5 Å². The summed E-state index contributed by atoms with van der Waals surface area (Å²) in [6.45, 7) is 4.76. The van der Waals surface area contributed by atoms with Gasteiger partial charge in [-0.15, -0.1) is 0 Å². The molecule has 29 heavy (non-hydrogen) atoms. The number of fused-ring (bicyclic) bond motifs is 1. The normalized spacial score (nSPS) is 15.7. The van der Waals surface area contributed by atoms with Crippen molar-refractivity contribution in [3.05, 3.63) is 65.6 Å². The molecule has 0 saturated carbocycles. The summed E-state index contributed by atoms with van der Waals surface area (Å²) in [5, 5.41) is 4.17. The second-order valence-electron chi connectivity index (χ2n) is 7.08. The fourth-order valence-electron chi connectivity index (χ4n) is 3.66. The lowest BCUT2D eigenvalue weighted by Crippen LogP contribution is -2.36. The fourth-order valence-corrected chi connectivity index (χ4v) is 3.66. The number of benzene rings is 2. The van der Waals surface area contributed by atoms with E-state index in [-0.39, 0.29) is 5.56 Å². The van der Waals surface area contributed by atoms with Crippen molar-refractivity contribution >= 4 is 22.3 Å². The van der Waals surface area contributed by atoms with Gasteiger partial charge in [-0.1, -0.05) is 18.2 Å². The van der Waals surface area contributed by atoms with Crippen LogP contribution in [0.15, 0.2) is 48.7 Å². The third kappa shape index (κ3) is 4.00. The molecule has 0 amide bonds. The zero-order valence-corrected chi connectivity index (χ0v) is 16.0. The molecule has 152 valence electrons. The van der Waals surface area contributed by atoms with Crippen molar-refractivity contribution in [1.29, 1.82) is 0 Å². The van der Waals surface area contributed by atoms with Gasteiger partial charge in [0.1, 0.15) is 5.82 Å². The lowest BCUT2D eigenvalue weighted by molar-refractivity contribution is 0.122. The van der Waals surface area contributed by atoms with E-state index < -0.39 is 23.8 Å². The van der Waals surface area contributed by atoms with E-state index in [0.717, 1.165) is 41.4 Å². The maximum Gasteiger partial charge on any atom is 0.266 e. The van der Waals surface area contributed by atoms with Gasteiger partial charge < -0.3 is 15.0 Å². The first-order valence-corrected chi connectivity index (χ1v) is 9.59. The highest BCUT2D eigenvalue weighted by molar-refractivity contribution is 5.93. The molecule has 1 aromatic heterocycles. The fraction of sp³-hybridized carbons (Fsp3) is 0.318. The Morgan fingerprint density at radius 3 is 2.59 bits per heavy atom. The van der Waals surface area contributed by atoms with Crippen molar-refractivity contribution in [3.63, 3.8) is 0 Å². The summed E-state index contributed by atoms with van der Waals surface area (Å²) in [6, 6.07) is 11.5. The number of pyridine rings is 1. The Kier molecular flexibility index (Phi) is 5.58. The van der Waals surface area contributed by atoms with Crippen molar-refractivity contribution in [3.8, 4) is 0 Å². The minimum atomic E-state index is -2.85. The highest BCUT2D eigenvalue weighted by Gasteiger charge is 2.20. The predicted molar refractivity (Wildman–Crippen MR) is 108 cm³/mol. The number of hydrogen-bond donors (Lipinski definition) is 1. The molecule has 7 heteroatoms. The van der Waals surface area contributed by atoms with Crippen LogP contribution < -0.4 is 10.2 Å². The van der Waals surface area contributed by atoms with E-state index in [4.69, 9.17) is 4.74 Å². The van der Waals surface area contributed by atoms with Crippen molar-refractivity contribution < 1.29 is 17.9 Å². The Morgan fingerprint density at radius 1 is 1.07 bits per heavy atom. The SMILES string of the molecule is C[C@@H](Nc1ccnc2ccc(N3CCOCC3)cc12)c1cccc(C(F)F)c1F. The lowest BCUT2D eigenvalue weighted by atomic mass is 10.0. The molecule has 1 atom stereocenters. The van der Waals surface area contributed by atoms with Crippen LogP contribution in [0.4, 0.5) is 24.5 Å². The zero-order valence-electron chi connectivity index (χ0n) is 16.0. The topological polar surface area (TPSA) is 37.4 Å². The van der Waals surface area contributed by atoms with Crippen molar-refractivity contribution in [2.24, 2.45) is 0 Å². The first-order chi connectivity index (χ1) is 14.0. The van der Waals surface area contributed by atoms with E-state index in [2.05, 4.69) is 21.3 Å². The number of anilines is 2. The Hall–Kier alpha value is -2.80. The van der Waals surface area contributed by atoms with Crippen LogP contribution in [-0.4, -0.2) is 31.3 Å². The van der Waals surface area contributed by atoms with Gasteiger partial charge in [-0.25, -0.2) is 13.2 Å². The largest absolute Gasteiger partial charge is 0.378 e. The van der Waals surface area contributed by atoms with Crippen LogP contribution in [-0.2, 0) is 4.74 Å². The summed E-state index contributed by atoms with van der Waals surface area (Å²) >= 11 is 0. The summed E-state index contributed by atoms with van der Waals surface area (Å²) in [4.78, 5) is 6.65. The summed E-state index contributed by atoms with van der Waals surface area (Å²) < 4.78 is 46.1. The molecule has 0 unspecified atom stereocenters. The summed E-state index contributed by atoms with van der Waals surface area (Å²) in [6.07, 6.45) is -1.17. The summed E-state index contributed by atoms with van der Waals surface area (Å²) in [5.74, 6) is -0.866. The van der Waals surface area contributed by atoms with E-state index in [1.165, 1.54) is 12.1 Å². The van der Waals surface area contributed by atoms with Gasteiger partial charge in [0.05, 0.1) is 30.3 Å². The predicted octanol–water partition coefficient (Wildman–Crippen LogP) is 5.32. The van der Waals surface area contributed by atoms with Gasteiger partial charge in [0.25, 0.3) is 6.43 Å². The van der Waals surface area contributed by atoms with Crippen LogP contribution in [0.3, 0.4) is 0 Å². The Labute approximate surface area is 167 Å². The molecule has 1 saturated heterocycles. The number of nitrogens with zero attached hydrogens (tertiary/aromatic N) is 2. The van der Waals surface area contributed by atoms with Crippen LogP contribution in [0, 0.1) is 5.82 Å². The van der Waals surface area contributed by atoms with Gasteiger partial charge in [-0.2, -0.15) is 0 Å². The molecule has 4 nitrogen and oxygen atoms in total. The molecule has 4 rings (SSSR count). The highest BCUT2D eigenvalue weighted by atomic mass is 19.3. The van der Waals surface area contributed by atoms with Gasteiger partial charge in [0, 0.05) is 41.6 Å². The zero-order chi connectivity index (χ0) is 20.4. The molecule has 2 heterocycles. The molecule has 2 aromatic carbocycles. The smallest absolute Gasteiger partial charge is 0.266 e. The average Bonchev–Trinajstić information content (AvgIpc) is 2.74. The molecule has 1 aliphatic heterocycles. The Bertz CT molecular complexity index is 1010. The number of morpholine rings is 1. The number of nitrogens with one attached hydrogen (secondary N) is 1. The van der Waals surface area contributed by atoms with Crippen molar-refractivity contribution in [2.75, 3.05) is 36.5 Å². The van der Waals surface area contributed by atoms with Gasteiger partial charge >= 0.3 is 0 Å². The van der Waals surface area contributed by atoms with E-state index >= 15 is 0 Å². The second-order valence-corrected chi connectivity index (χ2v) is 7.08. The molecule has 0 spiro atoms. The maximum absolute atomic E-state index is 14.5. The Morgan fingerprint density at radius 2 is 1.83 bits per heavy atom. The van der Waals surface area contributed by atoms with Crippen molar-refractivity contribution in [2.45, 2.75) is 19.4 Å². The number of halogens is 3. The van der Waals surface area contributed by atoms with Crippen LogP contribution in [0.5, 0.6) is 0 Å². The first-order valence-electron chi connectivity index (χ1n) is 9.59. The number of ether oxygens (including phenoxy) is 1. The Balaban J connectivity index is 1.66. The minimum absolute atomic E-state index is 0.206. The molecule has 3 aromatic rings. The van der Waals surface area contributed by atoms with Gasteiger partial charge in [-0.3, -0.25) is 4.98 Å². The van der Waals surface area contributed by atoms with E-state index in [0.29, 0.717) is 13.2 Å². The first kappa shape index (κ1) is 19.5. The monoisotopic (exact) mass is 401 g/mol. The van der Waals surface area contributed by atoms with E-state index in [1.54, 1.807) is 13.1 Å². The number of hydrogen-bond acceptors (Lipinski definition) is 4. The summed E-state index contributed by atoms with van der Waals surface area (Å²) in [5.41, 5.74) is 2.28. The van der Waals surface area contributed by atoms with Crippen LogP contribution >= 0.6 is 0 Å². The third-order valence-corrected chi connectivity index (χ3v) is 5.23. The molecular formula is C22H22F3N3O. The molecule has 1 N–H and O–H groups in total. The number of alkyl halides is 2.